The van der Waals surface area contributed by atoms with Crippen LogP contribution < -0.4 is 0 Å². The normalized spacial score (nSPS) is 10.3. The highest BCUT2D eigenvalue weighted by Gasteiger charge is 1.94. The molecule has 0 aliphatic carbocycles. The zero-order chi connectivity index (χ0) is 8.10. The van der Waals surface area contributed by atoms with Crippen LogP contribution in [0.5, 0.6) is 0 Å². The lowest BCUT2D eigenvalue weighted by Gasteiger charge is -1.92. The second-order valence-corrected chi connectivity index (χ2v) is 2.10. The Morgan fingerprint density at radius 2 is 2.18 bits per heavy atom. The maximum atomic E-state index is 6.63. The standard InChI is InChI=1S/C6H6N4S/c7-4-8-3-5-6(11)10-2-1-9-5/h1-4,7H,(H,10,11)/b7-4?,8-3+. The fraction of sp³-hybridized carbons (Fsp3) is 0. The van der Waals surface area contributed by atoms with Crippen LogP contribution in [0.1, 0.15) is 5.69 Å². The highest BCUT2D eigenvalue weighted by molar-refractivity contribution is 7.80. The van der Waals surface area contributed by atoms with Crippen LogP contribution in [0.4, 0.5) is 0 Å². The Hall–Kier alpha value is -1.23. The molecule has 0 radical (unpaired) electrons. The van der Waals surface area contributed by atoms with Crippen molar-refractivity contribution in [3.8, 4) is 0 Å². The van der Waals surface area contributed by atoms with Gasteiger partial charge in [0.2, 0.25) is 0 Å². The third-order valence-corrected chi connectivity index (χ3v) is 1.32. The van der Waals surface area contributed by atoms with Crippen molar-refractivity contribution in [1.29, 1.82) is 5.41 Å². The molecule has 0 saturated heterocycles. The van der Waals surface area contributed by atoms with E-state index in [1.165, 1.54) is 6.21 Å². The summed E-state index contributed by atoms with van der Waals surface area (Å²) in [4.78, 5) is 11.4. The van der Waals surface area contributed by atoms with E-state index in [0.29, 0.717) is 10.7 Å². The molecule has 4 nitrogen and oxygen atoms in total. The topological polar surface area (TPSA) is 62.0 Å². The van der Waals surface area contributed by atoms with Crippen LogP contribution in [0.15, 0.2) is 22.4 Å². The van der Waals surface area contributed by atoms with E-state index in [2.05, 4.69) is 27.6 Å². The average Bonchev–Trinajstić information content (AvgIpc) is 2.03. The molecule has 56 valence electrons. The van der Waals surface area contributed by atoms with Crippen LogP contribution in [0, 0.1) is 5.41 Å². The van der Waals surface area contributed by atoms with Gasteiger partial charge in [0.15, 0.2) is 0 Å². The van der Waals surface area contributed by atoms with E-state index in [1.807, 2.05) is 0 Å². The summed E-state index contributed by atoms with van der Waals surface area (Å²) in [6.07, 6.45) is 5.46. The molecule has 0 atom stereocenters. The quantitative estimate of drug-likeness (QED) is 0.387. The summed E-state index contributed by atoms with van der Waals surface area (Å²) in [7, 11) is 0. The fourth-order valence-electron chi connectivity index (χ4n) is 0.540. The molecular weight excluding hydrogens is 160 g/mol. The van der Waals surface area contributed by atoms with Crippen molar-refractivity contribution in [2.75, 3.05) is 0 Å². The molecule has 0 bridgehead atoms. The molecular formula is C6H6N4S. The molecule has 0 saturated carbocycles. The number of aromatic nitrogens is 2. The average molecular weight is 166 g/mol. The third kappa shape index (κ3) is 2.12. The maximum absolute atomic E-state index is 6.63. The van der Waals surface area contributed by atoms with E-state index in [4.69, 9.17) is 5.41 Å². The molecule has 1 heterocycles. The molecule has 0 aliphatic heterocycles. The molecule has 1 aromatic rings. The highest BCUT2D eigenvalue weighted by atomic mass is 32.1. The number of thiol groups is 1. The molecule has 0 aromatic carbocycles. The van der Waals surface area contributed by atoms with E-state index in [9.17, 15) is 0 Å². The van der Waals surface area contributed by atoms with Crippen molar-refractivity contribution in [1.82, 2.24) is 9.97 Å². The summed E-state index contributed by atoms with van der Waals surface area (Å²) in [5.74, 6) is 0. The lowest BCUT2D eigenvalue weighted by molar-refractivity contribution is 1.05. The highest BCUT2D eigenvalue weighted by Crippen LogP contribution is 2.02. The van der Waals surface area contributed by atoms with Gasteiger partial charge in [0, 0.05) is 12.4 Å². The third-order valence-electron chi connectivity index (χ3n) is 0.978. The minimum Gasteiger partial charge on any atom is -0.290 e. The van der Waals surface area contributed by atoms with E-state index in [1.54, 1.807) is 12.4 Å². The monoisotopic (exact) mass is 166 g/mol. The van der Waals surface area contributed by atoms with Gasteiger partial charge in [-0.25, -0.2) is 9.98 Å². The number of hydrogen-bond donors (Lipinski definition) is 2. The van der Waals surface area contributed by atoms with Gasteiger partial charge in [0.1, 0.15) is 17.1 Å². The van der Waals surface area contributed by atoms with Crippen molar-refractivity contribution < 1.29 is 0 Å². The van der Waals surface area contributed by atoms with Crippen molar-refractivity contribution in [2.24, 2.45) is 4.99 Å². The summed E-state index contributed by atoms with van der Waals surface area (Å²) >= 11 is 4.03. The van der Waals surface area contributed by atoms with Gasteiger partial charge in [0.25, 0.3) is 0 Å². The first-order chi connectivity index (χ1) is 5.34. The molecule has 1 rings (SSSR count). The summed E-state index contributed by atoms with van der Waals surface area (Å²) in [5, 5.41) is 7.14. The van der Waals surface area contributed by atoms with Crippen LogP contribution in [-0.2, 0) is 0 Å². The first kappa shape index (κ1) is 7.87. The van der Waals surface area contributed by atoms with Crippen LogP contribution in [0.25, 0.3) is 0 Å². The van der Waals surface area contributed by atoms with Crippen molar-refractivity contribution >= 4 is 25.2 Å². The van der Waals surface area contributed by atoms with Crippen molar-refractivity contribution in [3.63, 3.8) is 0 Å². The molecule has 0 aliphatic rings. The van der Waals surface area contributed by atoms with Gasteiger partial charge in [-0.05, 0) is 0 Å². The van der Waals surface area contributed by atoms with Crippen LogP contribution in [0.2, 0.25) is 0 Å². The SMILES string of the molecule is N=C/N=C/c1nccnc1S. The van der Waals surface area contributed by atoms with Gasteiger partial charge < -0.3 is 0 Å². The predicted molar refractivity (Wildman–Crippen MR) is 45.7 cm³/mol. The van der Waals surface area contributed by atoms with E-state index < -0.39 is 0 Å². The van der Waals surface area contributed by atoms with Crippen molar-refractivity contribution in [2.45, 2.75) is 5.03 Å². The molecule has 0 fully saturated rings. The summed E-state index contributed by atoms with van der Waals surface area (Å²) in [5.41, 5.74) is 0.569. The Bertz CT molecular complexity index is 284. The Labute approximate surface area is 69.3 Å². The molecule has 0 spiro atoms. The van der Waals surface area contributed by atoms with Gasteiger partial charge in [0.05, 0.1) is 6.21 Å². The van der Waals surface area contributed by atoms with Gasteiger partial charge >= 0.3 is 0 Å². The second kappa shape index (κ2) is 3.82. The minimum atomic E-state index is 0.512. The summed E-state index contributed by atoms with van der Waals surface area (Å²) < 4.78 is 0. The second-order valence-electron chi connectivity index (χ2n) is 1.67. The zero-order valence-electron chi connectivity index (χ0n) is 5.60. The van der Waals surface area contributed by atoms with Gasteiger partial charge in [-0.15, -0.1) is 12.6 Å². The molecule has 1 N–H and O–H groups in total. The first-order valence-electron chi connectivity index (χ1n) is 2.86. The predicted octanol–water partition coefficient (Wildman–Crippen LogP) is 0.791. The lowest BCUT2D eigenvalue weighted by atomic mass is 10.5. The number of rotatable bonds is 2. The number of hydrogen-bond acceptors (Lipinski definition) is 4. The van der Waals surface area contributed by atoms with Crippen LogP contribution in [0.3, 0.4) is 0 Å². The Morgan fingerprint density at radius 3 is 2.82 bits per heavy atom. The Balaban J connectivity index is 2.94. The fourth-order valence-corrected chi connectivity index (χ4v) is 0.723. The van der Waals surface area contributed by atoms with Crippen LogP contribution in [-0.4, -0.2) is 22.5 Å². The number of nitrogens with one attached hydrogen (secondary N) is 1. The lowest BCUT2D eigenvalue weighted by Crippen LogP contribution is -1.91. The van der Waals surface area contributed by atoms with Gasteiger partial charge in [-0.1, -0.05) is 0 Å². The molecule has 0 amide bonds. The molecule has 5 heteroatoms. The first-order valence-corrected chi connectivity index (χ1v) is 3.31. The van der Waals surface area contributed by atoms with Gasteiger partial charge in [-0.3, -0.25) is 10.4 Å². The molecule has 1 aromatic heterocycles. The Kier molecular flexibility index (Phi) is 2.74. The number of nitrogens with zero attached hydrogens (tertiary/aromatic N) is 3. The largest absolute Gasteiger partial charge is 0.290 e. The van der Waals surface area contributed by atoms with E-state index in [0.717, 1.165) is 6.34 Å². The zero-order valence-corrected chi connectivity index (χ0v) is 6.49. The number of aliphatic imine (C=N–C) groups is 1. The van der Waals surface area contributed by atoms with Crippen molar-refractivity contribution in [3.05, 3.63) is 18.1 Å². The molecule has 0 unspecified atom stereocenters. The van der Waals surface area contributed by atoms with Gasteiger partial charge in [-0.2, -0.15) is 0 Å². The smallest absolute Gasteiger partial charge is 0.120 e. The van der Waals surface area contributed by atoms with E-state index in [-0.39, 0.29) is 0 Å². The Morgan fingerprint density at radius 1 is 1.45 bits per heavy atom. The maximum Gasteiger partial charge on any atom is 0.120 e. The van der Waals surface area contributed by atoms with Crippen LogP contribution >= 0.6 is 12.6 Å². The summed E-state index contributed by atoms with van der Waals surface area (Å²) in [6.45, 7) is 0. The molecule has 11 heavy (non-hydrogen) atoms. The van der Waals surface area contributed by atoms with E-state index >= 15 is 0 Å². The minimum absolute atomic E-state index is 0.512. The summed E-state index contributed by atoms with van der Waals surface area (Å²) in [6, 6.07) is 0.